The van der Waals surface area contributed by atoms with Crippen molar-refractivity contribution in [3.05, 3.63) is 0 Å². The van der Waals surface area contributed by atoms with Gasteiger partial charge in [-0.2, -0.15) is 0 Å². The number of hydrogen-bond acceptors (Lipinski definition) is 3. The fraction of sp³-hybridized carbons (Fsp3) is 1.00. The summed E-state index contributed by atoms with van der Waals surface area (Å²) in [5.74, 6) is -0.243. The molecular formula is C3H7NaO3S. The standard InChI is InChI=1S/C3H8O3S.Na/c1-2-3-7(4,5)6;/h2-3H2,1H3,(H,4,5,6);/q;+1/p-1. The van der Waals surface area contributed by atoms with Crippen LogP contribution in [0, 0.1) is 0 Å². The topological polar surface area (TPSA) is 57.2 Å². The zero-order valence-corrected chi connectivity index (χ0v) is 7.86. The van der Waals surface area contributed by atoms with Crippen molar-refractivity contribution in [2.45, 2.75) is 13.3 Å². The molecule has 0 aliphatic carbocycles. The number of hydrogen-bond donors (Lipinski definition) is 0. The maximum absolute atomic E-state index is 9.68. The van der Waals surface area contributed by atoms with Crippen molar-refractivity contribution in [3.8, 4) is 0 Å². The summed E-state index contributed by atoms with van der Waals surface area (Å²) in [6, 6.07) is 0. The van der Waals surface area contributed by atoms with E-state index in [9.17, 15) is 13.0 Å². The molecular weight excluding hydrogens is 139 g/mol. The maximum atomic E-state index is 9.68. The molecule has 0 aromatic rings. The Bertz CT molecular complexity index is 127. The summed E-state index contributed by atoms with van der Waals surface area (Å²) in [5, 5.41) is 0. The molecule has 0 fully saturated rings. The largest absolute Gasteiger partial charge is 1.00 e. The Morgan fingerprint density at radius 3 is 1.88 bits per heavy atom. The Morgan fingerprint density at radius 1 is 1.50 bits per heavy atom. The Morgan fingerprint density at radius 2 is 1.88 bits per heavy atom. The Kier molecular flexibility index (Phi) is 6.94. The average molecular weight is 146 g/mol. The monoisotopic (exact) mass is 146 g/mol. The van der Waals surface area contributed by atoms with Gasteiger partial charge in [-0.25, -0.2) is 8.42 Å². The van der Waals surface area contributed by atoms with Crippen molar-refractivity contribution in [3.63, 3.8) is 0 Å². The molecule has 0 spiro atoms. The zero-order chi connectivity index (χ0) is 5.91. The fourth-order valence-corrected chi connectivity index (χ4v) is 0.750. The third-order valence-corrected chi connectivity index (χ3v) is 1.36. The molecule has 0 saturated carbocycles. The van der Waals surface area contributed by atoms with Gasteiger partial charge in [0, 0.05) is 5.75 Å². The van der Waals surface area contributed by atoms with E-state index in [1.807, 2.05) is 0 Å². The van der Waals surface area contributed by atoms with Gasteiger partial charge in [-0.05, 0) is 6.42 Å². The predicted molar refractivity (Wildman–Crippen MR) is 24.9 cm³/mol. The summed E-state index contributed by atoms with van der Waals surface area (Å²) in [6.45, 7) is 1.65. The Hall–Kier alpha value is 0.910. The van der Waals surface area contributed by atoms with Crippen LogP contribution in [0.25, 0.3) is 0 Å². The van der Waals surface area contributed by atoms with Crippen LogP contribution in [0.2, 0.25) is 0 Å². The molecule has 44 valence electrons. The van der Waals surface area contributed by atoms with E-state index in [1.165, 1.54) is 0 Å². The summed E-state index contributed by atoms with van der Waals surface area (Å²) in [4.78, 5) is 0. The van der Waals surface area contributed by atoms with E-state index in [2.05, 4.69) is 0 Å². The molecule has 0 radical (unpaired) electrons. The second-order valence-corrected chi connectivity index (χ2v) is 2.79. The minimum Gasteiger partial charge on any atom is -0.748 e. The summed E-state index contributed by atoms with van der Waals surface area (Å²) < 4.78 is 29.0. The van der Waals surface area contributed by atoms with Gasteiger partial charge in [0.1, 0.15) is 0 Å². The van der Waals surface area contributed by atoms with Crippen LogP contribution >= 0.6 is 0 Å². The number of rotatable bonds is 2. The van der Waals surface area contributed by atoms with E-state index < -0.39 is 10.1 Å². The van der Waals surface area contributed by atoms with Crippen LogP contribution in [0.3, 0.4) is 0 Å². The van der Waals surface area contributed by atoms with Gasteiger partial charge in [-0.15, -0.1) is 0 Å². The first-order chi connectivity index (χ1) is 3.06. The van der Waals surface area contributed by atoms with Crippen molar-refractivity contribution >= 4 is 10.1 Å². The molecule has 0 aromatic carbocycles. The molecule has 0 atom stereocenters. The second kappa shape index (κ2) is 4.76. The summed E-state index contributed by atoms with van der Waals surface area (Å²) in [5.41, 5.74) is 0. The smallest absolute Gasteiger partial charge is 0.748 e. The van der Waals surface area contributed by atoms with Crippen molar-refractivity contribution in [1.82, 2.24) is 0 Å². The minimum absolute atomic E-state index is 0. The molecule has 0 saturated heterocycles. The SMILES string of the molecule is CCCS(=O)(=O)[O-].[Na+]. The van der Waals surface area contributed by atoms with Gasteiger partial charge in [0.2, 0.25) is 0 Å². The summed E-state index contributed by atoms with van der Waals surface area (Å²) in [7, 11) is -3.92. The van der Waals surface area contributed by atoms with E-state index in [1.54, 1.807) is 6.92 Å². The molecule has 0 bridgehead atoms. The first kappa shape index (κ1) is 11.7. The summed E-state index contributed by atoms with van der Waals surface area (Å²) >= 11 is 0. The molecule has 0 N–H and O–H groups in total. The molecule has 0 rings (SSSR count). The molecule has 0 aliphatic rings. The molecule has 8 heavy (non-hydrogen) atoms. The Labute approximate surface area is 71.5 Å². The van der Waals surface area contributed by atoms with Gasteiger partial charge >= 0.3 is 29.6 Å². The van der Waals surface area contributed by atoms with Crippen molar-refractivity contribution in [2.24, 2.45) is 0 Å². The Balaban J connectivity index is 0. The third-order valence-electron chi connectivity index (χ3n) is 0.454. The molecule has 3 nitrogen and oxygen atoms in total. The van der Waals surface area contributed by atoms with Gasteiger partial charge < -0.3 is 4.55 Å². The van der Waals surface area contributed by atoms with Crippen molar-refractivity contribution < 1.29 is 42.5 Å². The van der Waals surface area contributed by atoms with Crippen molar-refractivity contribution in [1.29, 1.82) is 0 Å². The van der Waals surface area contributed by atoms with Crippen LogP contribution in [0.4, 0.5) is 0 Å². The molecule has 0 aromatic heterocycles. The van der Waals surface area contributed by atoms with Crippen LogP contribution < -0.4 is 29.6 Å². The fourth-order valence-electron chi connectivity index (χ4n) is 0.250. The van der Waals surface area contributed by atoms with Gasteiger partial charge in [-0.1, -0.05) is 6.92 Å². The van der Waals surface area contributed by atoms with E-state index in [4.69, 9.17) is 0 Å². The van der Waals surface area contributed by atoms with E-state index >= 15 is 0 Å². The predicted octanol–water partition coefficient (Wildman–Crippen LogP) is -3.05. The average Bonchev–Trinajstić information content (AvgIpc) is 1.30. The quantitative estimate of drug-likeness (QED) is 0.307. The molecule has 0 aliphatic heterocycles. The van der Waals surface area contributed by atoms with E-state index in [-0.39, 0.29) is 35.3 Å². The zero-order valence-electron chi connectivity index (χ0n) is 5.05. The van der Waals surface area contributed by atoms with Gasteiger partial charge in [0.05, 0.1) is 10.1 Å². The minimum atomic E-state index is -3.92. The van der Waals surface area contributed by atoms with Gasteiger partial charge in [0.25, 0.3) is 0 Å². The molecule has 0 heterocycles. The molecule has 0 unspecified atom stereocenters. The first-order valence-electron chi connectivity index (χ1n) is 2.00. The van der Waals surface area contributed by atoms with Crippen LogP contribution in [0.15, 0.2) is 0 Å². The van der Waals surface area contributed by atoms with Gasteiger partial charge in [-0.3, -0.25) is 0 Å². The van der Waals surface area contributed by atoms with Gasteiger partial charge in [0.15, 0.2) is 0 Å². The summed E-state index contributed by atoms with van der Waals surface area (Å²) in [6.07, 6.45) is 0.409. The van der Waals surface area contributed by atoms with E-state index in [0.717, 1.165) is 0 Å². The first-order valence-corrected chi connectivity index (χ1v) is 3.57. The van der Waals surface area contributed by atoms with E-state index in [0.29, 0.717) is 6.42 Å². The van der Waals surface area contributed by atoms with Crippen LogP contribution in [-0.4, -0.2) is 18.7 Å². The molecule has 5 heteroatoms. The maximum Gasteiger partial charge on any atom is 1.00 e. The molecule has 0 amide bonds. The third kappa shape index (κ3) is 10.0. The normalized spacial score (nSPS) is 10.2. The van der Waals surface area contributed by atoms with Crippen LogP contribution in [-0.2, 0) is 10.1 Å². The van der Waals surface area contributed by atoms with Crippen molar-refractivity contribution in [2.75, 3.05) is 5.75 Å². The van der Waals surface area contributed by atoms with Crippen LogP contribution in [0.1, 0.15) is 13.3 Å². The van der Waals surface area contributed by atoms with Crippen LogP contribution in [0.5, 0.6) is 0 Å². The second-order valence-electron chi connectivity index (χ2n) is 1.26.